The van der Waals surface area contributed by atoms with Gasteiger partial charge in [-0.15, -0.1) is 0 Å². The Morgan fingerprint density at radius 2 is 2.05 bits per heavy atom. The molecule has 1 saturated heterocycles. The first kappa shape index (κ1) is 14.0. The molecule has 0 aromatic heterocycles. The van der Waals surface area contributed by atoms with Crippen molar-refractivity contribution in [1.82, 2.24) is 5.32 Å². The van der Waals surface area contributed by atoms with Crippen LogP contribution >= 0.6 is 12.2 Å². The lowest BCUT2D eigenvalue weighted by molar-refractivity contribution is 0.0907. The first-order valence-corrected chi connectivity index (χ1v) is 6.78. The molecule has 102 valence electrons. The molecule has 0 radical (unpaired) electrons. The number of benzene rings is 1. The molecule has 1 aromatic rings. The summed E-state index contributed by atoms with van der Waals surface area (Å²) < 4.78 is 5.47. The summed E-state index contributed by atoms with van der Waals surface area (Å²) in [5.41, 5.74) is 6.90. The quantitative estimate of drug-likeness (QED) is 0.819. The Balaban J connectivity index is 1.90. The third-order valence-corrected chi connectivity index (χ3v) is 3.73. The highest BCUT2D eigenvalue weighted by molar-refractivity contribution is 7.80. The maximum atomic E-state index is 12.0. The van der Waals surface area contributed by atoms with Crippen LogP contribution in [0.4, 0.5) is 0 Å². The van der Waals surface area contributed by atoms with E-state index in [9.17, 15) is 4.79 Å². The SMILES string of the molecule is CC1OCCC1CNC(=O)c1ccc(C(N)=S)cc1. The molecule has 1 aromatic carbocycles. The molecule has 4 nitrogen and oxygen atoms in total. The second kappa shape index (κ2) is 6.12. The highest BCUT2D eigenvalue weighted by atomic mass is 32.1. The van der Waals surface area contributed by atoms with Gasteiger partial charge in [-0.25, -0.2) is 0 Å². The van der Waals surface area contributed by atoms with Gasteiger partial charge in [0.15, 0.2) is 0 Å². The third-order valence-electron chi connectivity index (χ3n) is 3.49. The van der Waals surface area contributed by atoms with Crippen molar-refractivity contribution in [2.45, 2.75) is 19.4 Å². The number of amides is 1. The lowest BCUT2D eigenvalue weighted by Gasteiger charge is -2.14. The Morgan fingerprint density at radius 3 is 2.58 bits per heavy atom. The fourth-order valence-corrected chi connectivity index (χ4v) is 2.29. The van der Waals surface area contributed by atoms with Crippen molar-refractivity contribution < 1.29 is 9.53 Å². The number of rotatable bonds is 4. The van der Waals surface area contributed by atoms with Crippen LogP contribution in [0.1, 0.15) is 29.3 Å². The van der Waals surface area contributed by atoms with E-state index in [0.29, 0.717) is 23.0 Å². The number of thiocarbonyl (C=S) groups is 1. The van der Waals surface area contributed by atoms with E-state index in [2.05, 4.69) is 5.32 Å². The number of nitrogens with two attached hydrogens (primary N) is 1. The number of ether oxygens (including phenoxy) is 1. The average molecular weight is 278 g/mol. The third kappa shape index (κ3) is 3.52. The van der Waals surface area contributed by atoms with Crippen molar-refractivity contribution >= 4 is 23.1 Å². The van der Waals surface area contributed by atoms with Crippen molar-refractivity contribution in [2.24, 2.45) is 11.7 Å². The fraction of sp³-hybridized carbons (Fsp3) is 0.429. The van der Waals surface area contributed by atoms with Gasteiger partial charge in [0.2, 0.25) is 0 Å². The van der Waals surface area contributed by atoms with Gasteiger partial charge in [-0.3, -0.25) is 4.79 Å². The minimum Gasteiger partial charge on any atom is -0.389 e. The minimum absolute atomic E-state index is 0.0754. The van der Waals surface area contributed by atoms with Crippen LogP contribution < -0.4 is 11.1 Å². The van der Waals surface area contributed by atoms with Gasteiger partial charge in [-0.05, 0) is 25.5 Å². The summed E-state index contributed by atoms with van der Waals surface area (Å²) in [7, 11) is 0. The molecule has 1 aliphatic heterocycles. The Labute approximate surface area is 118 Å². The summed E-state index contributed by atoms with van der Waals surface area (Å²) in [6, 6.07) is 6.99. The number of hydrogen-bond donors (Lipinski definition) is 2. The van der Waals surface area contributed by atoms with Crippen LogP contribution in [0.25, 0.3) is 0 Å². The van der Waals surface area contributed by atoms with Crippen LogP contribution in [0.2, 0.25) is 0 Å². The van der Waals surface area contributed by atoms with Gasteiger partial charge >= 0.3 is 0 Å². The second-order valence-corrected chi connectivity index (χ2v) is 5.22. The molecule has 2 unspecified atom stereocenters. The van der Waals surface area contributed by atoms with Gasteiger partial charge in [-0.1, -0.05) is 24.4 Å². The Bertz CT molecular complexity index is 473. The zero-order chi connectivity index (χ0) is 13.8. The smallest absolute Gasteiger partial charge is 0.251 e. The molecule has 1 amide bonds. The van der Waals surface area contributed by atoms with Crippen molar-refractivity contribution in [2.75, 3.05) is 13.2 Å². The highest BCUT2D eigenvalue weighted by Crippen LogP contribution is 2.19. The maximum Gasteiger partial charge on any atom is 0.251 e. The Hall–Kier alpha value is -1.46. The Morgan fingerprint density at radius 1 is 1.42 bits per heavy atom. The summed E-state index contributed by atoms with van der Waals surface area (Å²) in [6.45, 7) is 3.47. The van der Waals surface area contributed by atoms with E-state index in [4.69, 9.17) is 22.7 Å². The molecule has 19 heavy (non-hydrogen) atoms. The maximum absolute atomic E-state index is 12.0. The van der Waals surface area contributed by atoms with Gasteiger partial charge in [0.1, 0.15) is 4.99 Å². The fourth-order valence-electron chi connectivity index (χ4n) is 2.16. The highest BCUT2D eigenvalue weighted by Gasteiger charge is 2.24. The molecular formula is C14H18N2O2S. The van der Waals surface area contributed by atoms with E-state index >= 15 is 0 Å². The minimum atomic E-state index is -0.0754. The monoisotopic (exact) mass is 278 g/mol. The number of nitrogens with one attached hydrogen (secondary N) is 1. The molecule has 0 spiro atoms. The average Bonchev–Trinajstić information content (AvgIpc) is 2.81. The summed E-state index contributed by atoms with van der Waals surface area (Å²) >= 11 is 4.87. The van der Waals surface area contributed by atoms with Crippen LogP contribution in [0.5, 0.6) is 0 Å². The van der Waals surface area contributed by atoms with Gasteiger partial charge in [-0.2, -0.15) is 0 Å². The summed E-state index contributed by atoms with van der Waals surface area (Å²) in [5, 5.41) is 2.94. The molecule has 0 bridgehead atoms. The molecular weight excluding hydrogens is 260 g/mol. The molecule has 3 N–H and O–H groups in total. The molecule has 1 heterocycles. The molecule has 2 rings (SSSR count). The summed E-state index contributed by atoms with van der Waals surface area (Å²) in [6.07, 6.45) is 1.22. The van der Waals surface area contributed by atoms with Crippen LogP contribution in [-0.4, -0.2) is 30.2 Å². The van der Waals surface area contributed by atoms with Crippen LogP contribution in [0, 0.1) is 5.92 Å². The van der Waals surface area contributed by atoms with E-state index in [-0.39, 0.29) is 12.0 Å². The predicted octanol–water partition coefficient (Wildman–Crippen LogP) is 1.48. The van der Waals surface area contributed by atoms with Crippen molar-refractivity contribution in [3.05, 3.63) is 35.4 Å². The largest absolute Gasteiger partial charge is 0.389 e. The number of hydrogen-bond acceptors (Lipinski definition) is 3. The molecule has 0 aliphatic carbocycles. The van der Waals surface area contributed by atoms with Crippen LogP contribution in [0.3, 0.4) is 0 Å². The van der Waals surface area contributed by atoms with E-state index in [1.807, 2.05) is 6.92 Å². The number of carbonyl (C=O) groups is 1. The summed E-state index contributed by atoms with van der Waals surface area (Å²) in [5.74, 6) is 0.327. The van der Waals surface area contributed by atoms with E-state index in [0.717, 1.165) is 18.6 Å². The topological polar surface area (TPSA) is 64.3 Å². The number of carbonyl (C=O) groups excluding carboxylic acids is 1. The molecule has 2 atom stereocenters. The van der Waals surface area contributed by atoms with E-state index in [1.165, 1.54) is 0 Å². The molecule has 1 fully saturated rings. The first-order chi connectivity index (χ1) is 9.08. The van der Waals surface area contributed by atoms with Crippen molar-refractivity contribution in [3.63, 3.8) is 0 Å². The van der Waals surface area contributed by atoms with Crippen molar-refractivity contribution in [1.29, 1.82) is 0 Å². The van der Waals surface area contributed by atoms with Crippen molar-refractivity contribution in [3.8, 4) is 0 Å². The van der Waals surface area contributed by atoms with Gasteiger partial charge in [0, 0.05) is 30.2 Å². The first-order valence-electron chi connectivity index (χ1n) is 6.37. The molecule has 0 saturated carbocycles. The van der Waals surface area contributed by atoms with Gasteiger partial charge in [0.25, 0.3) is 5.91 Å². The normalized spacial score (nSPS) is 22.2. The van der Waals surface area contributed by atoms with E-state index in [1.54, 1.807) is 24.3 Å². The standard InChI is InChI=1S/C14H18N2O2S/c1-9-12(6-7-18-9)8-16-14(17)11-4-2-10(3-5-11)13(15)19/h2-5,9,12H,6-8H2,1H3,(H2,15,19)(H,16,17). The zero-order valence-corrected chi connectivity index (χ0v) is 11.7. The molecule has 1 aliphatic rings. The van der Waals surface area contributed by atoms with Crippen LogP contribution in [-0.2, 0) is 4.74 Å². The lowest BCUT2D eigenvalue weighted by Crippen LogP contribution is -2.31. The lowest BCUT2D eigenvalue weighted by atomic mass is 10.0. The van der Waals surface area contributed by atoms with Crippen LogP contribution in [0.15, 0.2) is 24.3 Å². The van der Waals surface area contributed by atoms with E-state index < -0.39 is 0 Å². The molecule has 5 heteroatoms. The predicted molar refractivity (Wildman–Crippen MR) is 78.2 cm³/mol. The van der Waals surface area contributed by atoms with Gasteiger partial charge < -0.3 is 15.8 Å². The Kier molecular flexibility index (Phi) is 4.50. The van der Waals surface area contributed by atoms with Gasteiger partial charge in [0.05, 0.1) is 6.10 Å². The summed E-state index contributed by atoms with van der Waals surface area (Å²) in [4.78, 5) is 12.3. The second-order valence-electron chi connectivity index (χ2n) is 4.78. The zero-order valence-electron chi connectivity index (χ0n) is 10.9.